The fraction of sp³-hybridized carbons (Fsp3) is 0.491. The lowest BCUT2D eigenvalue weighted by atomic mass is 9.87. The summed E-state index contributed by atoms with van der Waals surface area (Å²) in [6.07, 6.45) is 4.52. The van der Waals surface area contributed by atoms with Crippen LogP contribution in [0.25, 0.3) is 11.3 Å². The molecule has 0 saturated carbocycles. The first kappa shape index (κ1) is 53.4. The number of hydrogen-bond acceptors (Lipinski definition) is 12. The second-order valence-electron chi connectivity index (χ2n) is 17.5. The second-order valence-corrected chi connectivity index (χ2v) is 17.5. The first-order valence-corrected chi connectivity index (χ1v) is 24.8. The average Bonchev–Trinajstić information content (AvgIpc) is 3.39. The molecular weight excluding hydrogens is 891 g/mol. The minimum absolute atomic E-state index is 0.0694. The first-order chi connectivity index (χ1) is 34.1. The van der Waals surface area contributed by atoms with Crippen molar-refractivity contribution in [3.05, 3.63) is 113 Å². The van der Waals surface area contributed by atoms with E-state index in [9.17, 15) is 19.2 Å². The molecule has 378 valence electrons. The molecule has 17 nitrogen and oxygen atoms in total. The van der Waals surface area contributed by atoms with Crippen molar-refractivity contribution >= 4 is 35.1 Å². The van der Waals surface area contributed by atoms with Gasteiger partial charge in [0.25, 0.3) is 17.7 Å². The third-order valence-electron chi connectivity index (χ3n) is 12.6. The molecule has 4 aromatic rings. The number of carbonyl (C=O) groups excluding carboxylic acids is 4. The average molecular weight is 964 g/mol. The molecule has 1 atom stereocenters. The second kappa shape index (κ2) is 28.6. The molecular formula is C53H73N9O8. The van der Waals surface area contributed by atoms with Crippen LogP contribution in [0.3, 0.4) is 0 Å². The van der Waals surface area contributed by atoms with Crippen LogP contribution in [0, 0.1) is 0 Å². The van der Waals surface area contributed by atoms with E-state index in [4.69, 9.17) is 18.9 Å². The number of rotatable bonds is 27. The molecule has 1 saturated heterocycles. The maximum Gasteiger partial charge on any atom is 0.314 e. The van der Waals surface area contributed by atoms with Crippen LogP contribution in [0.2, 0.25) is 0 Å². The van der Waals surface area contributed by atoms with Crippen molar-refractivity contribution in [3.8, 4) is 11.3 Å². The number of anilines is 2. The Morgan fingerprint density at radius 1 is 0.743 bits per heavy atom. The topological polar surface area (TPSA) is 179 Å². The summed E-state index contributed by atoms with van der Waals surface area (Å²) in [5, 5.41) is 12.0. The highest BCUT2D eigenvalue weighted by Gasteiger charge is 2.23. The number of ether oxygens (including phenoxy) is 4. The lowest BCUT2D eigenvalue weighted by Crippen LogP contribution is -2.44. The van der Waals surface area contributed by atoms with Gasteiger partial charge in [-0.25, -0.2) is 4.79 Å². The predicted octanol–water partition coefficient (Wildman–Crippen LogP) is 5.34. The van der Waals surface area contributed by atoms with Gasteiger partial charge in [-0.05, 0) is 99.8 Å². The van der Waals surface area contributed by atoms with Gasteiger partial charge >= 0.3 is 6.03 Å². The van der Waals surface area contributed by atoms with Gasteiger partial charge in [-0.3, -0.25) is 24.3 Å². The number of nitrogens with one attached hydrogen (secondary N) is 4. The van der Waals surface area contributed by atoms with Crippen LogP contribution < -0.4 is 26.2 Å². The molecule has 1 aromatic heterocycles. The molecule has 2 aliphatic rings. The highest BCUT2D eigenvalue weighted by atomic mass is 16.5. The number of carbonyl (C=O) groups is 4. The Labute approximate surface area is 413 Å². The van der Waals surface area contributed by atoms with Gasteiger partial charge in [0.1, 0.15) is 0 Å². The Balaban J connectivity index is 0.912. The monoisotopic (exact) mass is 964 g/mol. The SMILES string of the molecule is CCN(CC)c1ccc(NC(=O)c2cccc(C(=O)N(C)CCN(C)CCOCCOCCOCCNC(=O)NCCN3CCOCC3)c2)c(-c2cc(C(=O)NC3CCCc4ccccc43)ccn2)c1. The molecule has 1 fully saturated rings. The van der Waals surface area contributed by atoms with Crippen molar-refractivity contribution < 1.29 is 38.1 Å². The molecule has 1 unspecified atom stereocenters. The maximum absolute atomic E-state index is 13.9. The molecule has 5 amide bonds. The third-order valence-corrected chi connectivity index (χ3v) is 12.6. The number of nitrogens with zero attached hydrogens (tertiary/aromatic N) is 5. The van der Waals surface area contributed by atoms with Crippen LogP contribution in [0.1, 0.15) is 74.9 Å². The Kier molecular flexibility index (Phi) is 21.9. The summed E-state index contributed by atoms with van der Waals surface area (Å²) in [4.78, 5) is 66.1. The summed E-state index contributed by atoms with van der Waals surface area (Å²) >= 11 is 0. The molecule has 17 heteroatoms. The van der Waals surface area contributed by atoms with Gasteiger partial charge in [0.05, 0.1) is 70.3 Å². The minimum atomic E-state index is -0.376. The van der Waals surface area contributed by atoms with E-state index in [1.165, 1.54) is 5.56 Å². The molecule has 6 rings (SSSR count). The quantitative estimate of drug-likeness (QED) is 0.0565. The van der Waals surface area contributed by atoms with E-state index in [0.29, 0.717) is 106 Å². The fourth-order valence-corrected chi connectivity index (χ4v) is 8.46. The Bertz CT molecular complexity index is 2290. The number of aryl methyl sites for hydroxylation is 1. The lowest BCUT2D eigenvalue weighted by molar-refractivity contribution is 0.0121. The summed E-state index contributed by atoms with van der Waals surface area (Å²) in [6.45, 7) is 15.3. The van der Waals surface area contributed by atoms with Crippen molar-refractivity contribution in [1.82, 2.24) is 35.6 Å². The zero-order valence-electron chi connectivity index (χ0n) is 41.5. The minimum Gasteiger partial charge on any atom is -0.379 e. The number of aromatic nitrogens is 1. The first-order valence-electron chi connectivity index (χ1n) is 24.8. The smallest absolute Gasteiger partial charge is 0.314 e. The molecule has 4 N–H and O–H groups in total. The summed E-state index contributed by atoms with van der Waals surface area (Å²) in [5.41, 5.74) is 6.37. The molecule has 3 aromatic carbocycles. The zero-order valence-corrected chi connectivity index (χ0v) is 41.5. The lowest BCUT2D eigenvalue weighted by Gasteiger charge is -2.26. The highest BCUT2D eigenvalue weighted by Crippen LogP contribution is 2.33. The number of urea groups is 1. The summed E-state index contributed by atoms with van der Waals surface area (Å²) in [6, 6.07) is 24.1. The van der Waals surface area contributed by atoms with Crippen LogP contribution in [0.5, 0.6) is 0 Å². The van der Waals surface area contributed by atoms with E-state index in [-0.39, 0.29) is 29.8 Å². The Morgan fingerprint density at radius 3 is 2.24 bits per heavy atom. The molecule has 70 heavy (non-hydrogen) atoms. The molecule has 1 aliphatic heterocycles. The van der Waals surface area contributed by atoms with Gasteiger partial charge in [0.2, 0.25) is 0 Å². The largest absolute Gasteiger partial charge is 0.379 e. The van der Waals surface area contributed by atoms with Gasteiger partial charge < -0.3 is 54.9 Å². The summed E-state index contributed by atoms with van der Waals surface area (Å²) in [5.74, 6) is -0.753. The van der Waals surface area contributed by atoms with Crippen molar-refractivity contribution in [1.29, 1.82) is 0 Å². The summed E-state index contributed by atoms with van der Waals surface area (Å²) < 4.78 is 22.2. The van der Waals surface area contributed by atoms with Crippen LogP contribution in [0.4, 0.5) is 16.2 Å². The van der Waals surface area contributed by atoms with Crippen LogP contribution in [-0.4, -0.2) is 176 Å². The van der Waals surface area contributed by atoms with E-state index in [2.05, 4.69) is 66.9 Å². The van der Waals surface area contributed by atoms with Gasteiger partial charge in [-0.15, -0.1) is 0 Å². The number of morpholine rings is 1. The Hall–Kier alpha value is -5.95. The zero-order chi connectivity index (χ0) is 49.5. The number of amides is 5. The molecule has 2 heterocycles. The number of hydrogen-bond donors (Lipinski definition) is 4. The summed E-state index contributed by atoms with van der Waals surface area (Å²) in [7, 11) is 3.73. The maximum atomic E-state index is 13.9. The number of fused-ring (bicyclic) bond motifs is 1. The van der Waals surface area contributed by atoms with Crippen molar-refractivity contribution in [3.63, 3.8) is 0 Å². The van der Waals surface area contributed by atoms with Gasteiger partial charge in [0.15, 0.2) is 0 Å². The van der Waals surface area contributed by atoms with Crippen LogP contribution >= 0.6 is 0 Å². The van der Waals surface area contributed by atoms with E-state index < -0.39 is 0 Å². The van der Waals surface area contributed by atoms with E-state index in [1.807, 2.05) is 37.4 Å². The van der Waals surface area contributed by atoms with Crippen molar-refractivity contribution in [2.75, 3.05) is 143 Å². The third kappa shape index (κ3) is 16.6. The Morgan fingerprint density at radius 2 is 1.46 bits per heavy atom. The van der Waals surface area contributed by atoms with E-state index in [0.717, 1.165) is 76.5 Å². The number of pyridine rings is 1. The van der Waals surface area contributed by atoms with Crippen LogP contribution in [-0.2, 0) is 25.4 Å². The van der Waals surface area contributed by atoms with Crippen molar-refractivity contribution in [2.24, 2.45) is 0 Å². The number of benzene rings is 3. The number of likely N-dealkylation sites (N-methyl/N-ethyl adjacent to an activating group) is 2. The molecule has 0 spiro atoms. The van der Waals surface area contributed by atoms with Gasteiger partial charge in [-0.2, -0.15) is 0 Å². The van der Waals surface area contributed by atoms with E-state index in [1.54, 1.807) is 54.5 Å². The standard InChI is InChI=1S/C53H73N9O8/c1-5-62(6-2)44-17-18-48(46(39-44)49-38-42(19-20-54-49)51(64)57-47-16-10-12-40-11-7-8-15-45(40)47)58-50(63)41-13-9-14-43(37-41)52(65)60(4)25-24-59(3)26-30-69-34-36-70-35-33-67-29-22-56-53(66)55-21-23-61-27-31-68-32-28-61/h7-9,11,13-15,17-20,37-39,47H,5-6,10,12,16,21-36H2,1-4H3,(H,57,64)(H,58,63)(H2,55,56,66). The molecule has 0 bridgehead atoms. The predicted molar refractivity (Wildman–Crippen MR) is 273 cm³/mol. The molecule has 0 radical (unpaired) electrons. The van der Waals surface area contributed by atoms with Crippen LogP contribution in [0.15, 0.2) is 85.1 Å². The van der Waals surface area contributed by atoms with Gasteiger partial charge in [0, 0.05) is 107 Å². The molecule has 1 aliphatic carbocycles. The van der Waals surface area contributed by atoms with E-state index >= 15 is 0 Å². The fourth-order valence-electron chi connectivity index (χ4n) is 8.46. The van der Waals surface area contributed by atoms with Crippen molar-refractivity contribution in [2.45, 2.75) is 39.2 Å². The van der Waals surface area contributed by atoms with Gasteiger partial charge in [-0.1, -0.05) is 30.3 Å². The normalized spacial score (nSPS) is 14.7. The highest BCUT2D eigenvalue weighted by molar-refractivity contribution is 6.08.